The number of ether oxygens (including phenoxy) is 1. The van der Waals surface area contributed by atoms with Gasteiger partial charge in [0, 0.05) is 38.9 Å². The molecule has 2 aromatic carbocycles. The summed E-state index contributed by atoms with van der Waals surface area (Å²) in [5.41, 5.74) is 2.40. The van der Waals surface area contributed by atoms with Crippen LogP contribution in [0.5, 0.6) is 0 Å². The van der Waals surface area contributed by atoms with Crippen LogP contribution in [0.2, 0.25) is 0 Å². The summed E-state index contributed by atoms with van der Waals surface area (Å²) in [6.45, 7) is 5.78. The first-order chi connectivity index (χ1) is 13.9. The van der Waals surface area contributed by atoms with E-state index in [9.17, 15) is 0 Å². The number of anilines is 1. The minimum Gasteiger partial charge on any atom is -0.367 e. The van der Waals surface area contributed by atoms with Crippen molar-refractivity contribution in [3.05, 3.63) is 96.2 Å². The average molecular weight is 374 g/mol. The fourth-order valence-electron chi connectivity index (χ4n) is 3.68. The summed E-state index contributed by atoms with van der Waals surface area (Å²) < 4.78 is 6.36. The van der Waals surface area contributed by atoms with Crippen molar-refractivity contribution in [2.75, 3.05) is 44.2 Å². The first-order valence-electron chi connectivity index (χ1n) is 10.00. The first-order valence-corrected chi connectivity index (χ1v) is 10.00. The molecule has 4 nitrogen and oxygen atoms in total. The molecule has 0 unspecified atom stereocenters. The van der Waals surface area contributed by atoms with Gasteiger partial charge in [-0.1, -0.05) is 66.7 Å². The molecule has 1 saturated heterocycles. The topological polar surface area (TPSA) is 28.6 Å². The van der Waals surface area contributed by atoms with Crippen molar-refractivity contribution in [2.45, 2.75) is 6.10 Å². The van der Waals surface area contributed by atoms with Crippen LogP contribution in [0.25, 0.3) is 0 Å². The van der Waals surface area contributed by atoms with Crippen LogP contribution in [0, 0.1) is 0 Å². The molecule has 4 rings (SSSR count). The number of piperazine rings is 1. The Morgan fingerprint density at radius 3 is 1.93 bits per heavy atom. The number of pyridine rings is 1. The maximum Gasteiger partial charge on any atom is 0.128 e. The summed E-state index contributed by atoms with van der Waals surface area (Å²) in [5.74, 6) is 1.08. The van der Waals surface area contributed by atoms with Gasteiger partial charge in [0.15, 0.2) is 0 Å². The zero-order valence-electron chi connectivity index (χ0n) is 16.2. The Labute approximate surface area is 167 Å². The van der Waals surface area contributed by atoms with Gasteiger partial charge >= 0.3 is 0 Å². The highest BCUT2D eigenvalue weighted by Crippen LogP contribution is 2.25. The standard InChI is InChI=1S/C24H27N3O/c1-3-9-21(10-4-1)24(22-11-5-2-6-12-22)28-20-19-26-15-17-27(18-16-26)23-13-7-8-14-25-23/h1-14,24H,15-20H2. The Balaban J connectivity index is 1.31. The quantitative estimate of drug-likeness (QED) is 0.626. The van der Waals surface area contributed by atoms with Gasteiger partial charge in [-0.25, -0.2) is 4.98 Å². The van der Waals surface area contributed by atoms with Crippen LogP contribution >= 0.6 is 0 Å². The second kappa shape index (κ2) is 9.49. The molecule has 3 aromatic rings. The predicted molar refractivity (Wildman–Crippen MR) is 114 cm³/mol. The fraction of sp³-hybridized carbons (Fsp3) is 0.292. The highest BCUT2D eigenvalue weighted by molar-refractivity contribution is 5.38. The van der Waals surface area contributed by atoms with Crippen LogP contribution in [0.15, 0.2) is 85.1 Å². The molecule has 1 aromatic heterocycles. The lowest BCUT2D eigenvalue weighted by molar-refractivity contribution is 0.0586. The molecule has 0 amide bonds. The molecule has 0 spiro atoms. The van der Waals surface area contributed by atoms with Gasteiger partial charge in [-0.05, 0) is 23.3 Å². The molecule has 28 heavy (non-hydrogen) atoms. The van der Waals surface area contributed by atoms with E-state index in [0.717, 1.165) is 45.1 Å². The van der Waals surface area contributed by atoms with E-state index < -0.39 is 0 Å². The van der Waals surface area contributed by atoms with Crippen molar-refractivity contribution in [3.8, 4) is 0 Å². The Morgan fingerprint density at radius 2 is 1.36 bits per heavy atom. The van der Waals surface area contributed by atoms with Crippen LogP contribution in [0.4, 0.5) is 5.82 Å². The average Bonchev–Trinajstić information content (AvgIpc) is 2.79. The second-order valence-electron chi connectivity index (χ2n) is 7.09. The number of aromatic nitrogens is 1. The van der Waals surface area contributed by atoms with E-state index in [4.69, 9.17) is 4.74 Å². The molecule has 0 radical (unpaired) electrons. The Hall–Kier alpha value is -2.69. The van der Waals surface area contributed by atoms with Crippen LogP contribution in [-0.2, 0) is 4.74 Å². The summed E-state index contributed by atoms with van der Waals surface area (Å²) in [7, 11) is 0. The molecule has 4 heteroatoms. The number of rotatable bonds is 7. The van der Waals surface area contributed by atoms with Crippen molar-refractivity contribution < 1.29 is 4.74 Å². The number of hydrogen-bond acceptors (Lipinski definition) is 4. The van der Waals surface area contributed by atoms with Crippen molar-refractivity contribution in [1.29, 1.82) is 0 Å². The van der Waals surface area contributed by atoms with Gasteiger partial charge in [0.05, 0.1) is 6.61 Å². The van der Waals surface area contributed by atoms with E-state index >= 15 is 0 Å². The van der Waals surface area contributed by atoms with Crippen LogP contribution in [-0.4, -0.2) is 49.2 Å². The third-order valence-electron chi connectivity index (χ3n) is 5.24. The molecule has 2 heterocycles. The monoisotopic (exact) mass is 373 g/mol. The normalized spacial score (nSPS) is 15.1. The van der Waals surface area contributed by atoms with Gasteiger partial charge in [0.25, 0.3) is 0 Å². The minimum absolute atomic E-state index is 0.0165. The smallest absolute Gasteiger partial charge is 0.128 e. The van der Waals surface area contributed by atoms with E-state index in [2.05, 4.69) is 75.4 Å². The summed E-state index contributed by atoms with van der Waals surface area (Å²) in [4.78, 5) is 9.30. The third-order valence-corrected chi connectivity index (χ3v) is 5.24. The molecule has 1 aliphatic rings. The van der Waals surface area contributed by atoms with Gasteiger partial charge < -0.3 is 9.64 Å². The van der Waals surface area contributed by atoms with E-state index in [0.29, 0.717) is 0 Å². The zero-order valence-corrected chi connectivity index (χ0v) is 16.2. The number of nitrogens with zero attached hydrogens (tertiary/aromatic N) is 3. The third kappa shape index (κ3) is 4.77. The Morgan fingerprint density at radius 1 is 0.750 bits per heavy atom. The molecular weight excluding hydrogens is 346 g/mol. The van der Waals surface area contributed by atoms with Crippen molar-refractivity contribution >= 4 is 5.82 Å². The summed E-state index contributed by atoms with van der Waals surface area (Å²) >= 11 is 0. The molecule has 1 aliphatic heterocycles. The van der Waals surface area contributed by atoms with Crippen molar-refractivity contribution in [2.24, 2.45) is 0 Å². The Bertz CT molecular complexity index is 779. The lowest BCUT2D eigenvalue weighted by atomic mass is 10.0. The highest BCUT2D eigenvalue weighted by Gasteiger charge is 2.19. The van der Waals surface area contributed by atoms with Gasteiger partial charge in [0.2, 0.25) is 0 Å². The molecule has 0 saturated carbocycles. The molecule has 144 valence electrons. The summed E-state index contributed by atoms with van der Waals surface area (Å²) in [5, 5.41) is 0. The van der Waals surface area contributed by atoms with Crippen LogP contribution < -0.4 is 4.90 Å². The highest BCUT2D eigenvalue weighted by atomic mass is 16.5. The molecular formula is C24H27N3O. The maximum absolute atomic E-state index is 6.36. The van der Waals surface area contributed by atoms with Crippen molar-refractivity contribution in [1.82, 2.24) is 9.88 Å². The van der Waals surface area contributed by atoms with Gasteiger partial charge in [-0.3, -0.25) is 4.90 Å². The summed E-state index contributed by atoms with van der Waals surface area (Å²) in [6, 6.07) is 27.1. The van der Waals surface area contributed by atoms with Crippen LogP contribution in [0.3, 0.4) is 0 Å². The lowest BCUT2D eigenvalue weighted by Gasteiger charge is -2.35. The molecule has 0 bridgehead atoms. The molecule has 1 fully saturated rings. The minimum atomic E-state index is -0.0165. The maximum atomic E-state index is 6.36. The van der Waals surface area contributed by atoms with E-state index in [1.165, 1.54) is 11.1 Å². The zero-order chi connectivity index (χ0) is 19.0. The first kappa shape index (κ1) is 18.7. The molecule has 0 N–H and O–H groups in total. The molecule has 0 atom stereocenters. The lowest BCUT2D eigenvalue weighted by Crippen LogP contribution is -2.47. The fourth-order valence-corrected chi connectivity index (χ4v) is 3.68. The molecule has 0 aliphatic carbocycles. The number of benzene rings is 2. The SMILES string of the molecule is c1ccc(C(OCCN2CCN(c3ccccn3)CC2)c2ccccc2)cc1. The second-order valence-corrected chi connectivity index (χ2v) is 7.09. The van der Waals surface area contributed by atoms with E-state index in [-0.39, 0.29) is 6.10 Å². The van der Waals surface area contributed by atoms with E-state index in [1.54, 1.807) is 0 Å². The van der Waals surface area contributed by atoms with E-state index in [1.807, 2.05) is 24.4 Å². The van der Waals surface area contributed by atoms with Crippen molar-refractivity contribution in [3.63, 3.8) is 0 Å². The number of hydrogen-bond donors (Lipinski definition) is 0. The van der Waals surface area contributed by atoms with Gasteiger partial charge in [-0.2, -0.15) is 0 Å². The largest absolute Gasteiger partial charge is 0.367 e. The van der Waals surface area contributed by atoms with Gasteiger partial charge in [0.1, 0.15) is 11.9 Å². The van der Waals surface area contributed by atoms with Crippen LogP contribution in [0.1, 0.15) is 17.2 Å². The Kier molecular flexibility index (Phi) is 6.32. The predicted octanol–water partition coefficient (Wildman–Crippen LogP) is 4.01. The van der Waals surface area contributed by atoms with Gasteiger partial charge in [-0.15, -0.1) is 0 Å². The summed E-state index contributed by atoms with van der Waals surface area (Å²) in [6.07, 6.45) is 1.85.